The van der Waals surface area contributed by atoms with Crippen molar-refractivity contribution >= 4 is 5.91 Å². The Balaban J connectivity index is 1.82. The molecule has 0 bridgehead atoms. The Kier molecular flexibility index (Phi) is 4.24. The number of benzene rings is 1. The van der Waals surface area contributed by atoms with Crippen molar-refractivity contribution in [3.63, 3.8) is 0 Å². The van der Waals surface area contributed by atoms with Crippen molar-refractivity contribution < 1.29 is 4.79 Å². The van der Waals surface area contributed by atoms with E-state index in [1.807, 2.05) is 54.3 Å². The highest BCUT2D eigenvalue weighted by Gasteiger charge is 2.34. The summed E-state index contributed by atoms with van der Waals surface area (Å²) in [5.74, 6) is -0.283. The highest BCUT2D eigenvalue weighted by molar-refractivity contribution is 5.81. The zero-order valence-electron chi connectivity index (χ0n) is 12.9. The molecule has 1 aromatic carbocycles. The van der Waals surface area contributed by atoms with Gasteiger partial charge in [-0.2, -0.15) is 5.10 Å². The Morgan fingerprint density at radius 3 is 2.82 bits per heavy atom. The van der Waals surface area contributed by atoms with Crippen molar-refractivity contribution in [3.05, 3.63) is 53.9 Å². The lowest BCUT2D eigenvalue weighted by molar-refractivity contribution is -0.124. The van der Waals surface area contributed by atoms with E-state index in [9.17, 15) is 4.79 Å². The summed E-state index contributed by atoms with van der Waals surface area (Å²) in [7, 11) is 0. The number of nitrogens with two attached hydrogens (primary N) is 1. The number of hydrogen-bond acceptors (Lipinski definition) is 3. The number of carbonyl (C=O) groups is 1. The van der Waals surface area contributed by atoms with Crippen molar-refractivity contribution in [2.45, 2.75) is 38.4 Å². The van der Waals surface area contributed by atoms with E-state index in [-0.39, 0.29) is 18.0 Å². The first-order valence-electron chi connectivity index (χ1n) is 7.74. The first-order valence-corrected chi connectivity index (χ1v) is 7.74. The SMILES string of the molecule is Cc1cnn(C[C@@H]2CCCN2[C@H](C(N)=O)c2ccccc2)c1. The van der Waals surface area contributed by atoms with Crippen LogP contribution in [-0.2, 0) is 11.3 Å². The van der Waals surface area contributed by atoms with Crippen molar-refractivity contribution in [2.75, 3.05) is 6.54 Å². The predicted octanol–water partition coefficient (Wildman–Crippen LogP) is 1.88. The summed E-state index contributed by atoms with van der Waals surface area (Å²) in [6.07, 6.45) is 6.05. The zero-order chi connectivity index (χ0) is 15.5. The summed E-state index contributed by atoms with van der Waals surface area (Å²) in [5.41, 5.74) is 7.83. The Bertz CT molecular complexity index is 637. The Hall–Kier alpha value is -2.14. The molecule has 5 nitrogen and oxygen atoms in total. The minimum Gasteiger partial charge on any atom is -0.368 e. The molecular weight excluding hydrogens is 276 g/mol. The molecule has 1 fully saturated rings. The van der Waals surface area contributed by atoms with Gasteiger partial charge in [0.1, 0.15) is 6.04 Å². The lowest BCUT2D eigenvalue weighted by atomic mass is 10.0. The molecule has 1 saturated heterocycles. The van der Waals surface area contributed by atoms with Crippen LogP contribution in [0.1, 0.15) is 30.0 Å². The molecule has 0 saturated carbocycles. The second-order valence-electron chi connectivity index (χ2n) is 5.99. The zero-order valence-corrected chi connectivity index (χ0v) is 12.9. The average molecular weight is 298 g/mol. The molecule has 2 N–H and O–H groups in total. The summed E-state index contributed by atoms with van der Waals surface area (Å²) >= 11 is 0. The quantitative estimate of drug-likeness (QED) is 0.916. The van der Waals surface area contributed by atoms with E-state index in [1.54, 1.807) is 0 Å². The van der Waals surface area contributed by atoms with Crippen LogP contribution in [0.25, 0.3) is 0 Å². The highest BCUT2D eigenvalue weighted by atomic mass is 16.1. The Morgan fingerprint density at radius 1 is 1.41 bits per heavy atom. The van der Waals surface area contributed by atoms with Crippen LogP contribution in [0.3, 0.4) is 0 Å². The summed E-state index contributed by atoms with van der Waals surface area (Å²) < 4.78 is 1.96. The van der Waals surface area contributed by atoms with E-state index < -0.39 is 0 Å². The van der Waals surface area contributed by atoms with E-state index in [0.717, 1.165) is 37.1 Å². The maximum absolute atomic E-state index is 12.0. The molecule has 5 heteroatoms. The van der Waals surface area contributed by atoms with Gasteiger partial charge in [0.05, 0.1) is 12.7 Å². The van der Waals surface area contributed by atoms with Gasteiger partial charge < -0.3 is 5.73 Å². The van der Waals surface area contributed by atoms with Crippen LogP contribution in [0.5, 0.6) is 0 Å². The number of carbonyl (C=O) groups excluding carboxylic acids is 1. The van der Waals surface area contributed by atoms with E-state index in [4.69, 9.17) is 5.73 Å². The fourth-order valence-electron chi connectivity index (χ4n) is 3.33. The molecule has 1 aliphatic rings. The van der Waals surface area contributed by atoms with E-state index in [0.29, 0.717) is 0 Å². The molecule has 22 heavy (non-hydrogen) atoms. The lowest BCUT2D eigenvalue weighted by Gasteiger charge is -2.31. The summed E-state index contributed by atoms with van der Waals surface area (Å²) in [5, 5.41) is 4.36. The molecular formula is C17H22N4O. The first kappa shape index (κ1) is 14.8. The Morgan fingerprint density at radius 2 is 2.18 bits per heavy atom. The molecule has 2 aromatic rings. The van der Waals surface area contributed by atoms with Gasteiger partial charge in [-0.3, -0.25) is 14.4 Å². The number of hydrogen-bond donors (Lipinski definition) is 1. The fraction of sp³-hybridized carbons (Fsp3) is 0.412. The third-order valence-electron chi connectivity index (χ3n) is 4.30. The molecule has 3 rings (SSSR count). The molecule has 1 aliphatic heterocycles. The van der Waals surface area contributed by atoms with Gasteiger partial charge in [0.2, 0.25) is 5.91 Å². The predicted molar refractivity (Wildman–Crippen MR) is 85.1 cm³/mol. The smallest absolute Gasteiger partial charge is 0.239 e. The highest BCUT2D eigenvalue weighted by Crippen LogP contribution is 2.30. The minimum atomic E-state index is -0.356. The van der Waals surface area contributed by atoms with Gasteiger partial charge in [0, 0.05) is 12.2 Å². The molecule has 0 spiro atoms. The van der Waals surface area contributed by atoms with Gasteiger partial charge in [-0.25, -0.2) is 0 Å². The van der Waals surface area contributed by atoms with Crippen LogP contribution in [0.15, 0.2) is 42.7 Å². The third kappa shape index (κ3) is 3.04. The average Bonchev–Trinajstić information content (AvgIpc) is 3.10. The number of rotatable bonds is 5. The van der Waals surface area contributed by atoms with Crippen LogP contribution < -0.4 is 5.73 Å². The topological polar surface area (TPSA) is 64.2 Å². The molecule has 116 valence electrons. The molecule has 1 aromatic heterocycles. The van der Waals surface area contributed by atoms with Crippen LogP contribution in [-0.4, -0.2) is 33.2 Å². The van der Waals surface area contributed by atoms with Crippen molar-refractivity contribution in [3.8, 4) is 0 Å². The number of aromatic nitrogens is 2. The second-order valence-corrected chi connectivity index (χ2v) is 5.99. The summed E-state index contributed by atoms with van der Waals surface area (Å²) in [6, 6.07) is 9.74. The first-order chi connectivity index (χ1) is 10.6. The van der Waals surface area contributed by atoms with E-state index in [2.05, 4.69) is 10.00 Å². The fourth-order valence-corrected chi connectivity index (χ4v) is 3.33. The van der Waals surface area contributed by atoms with Crippen molar-refractivity contribution in [2.24, 2.45) is 5.73 Å². The summed E-state index contributed by atoms with van der Waals surface area (Å²) in [6.45, 7) is 3.73. The van der Waals surface area contributed by atoms with Gasteiger partial charge in [-0.1, -0.05) is 30.3 Å². The van der Waals surface area contributed by atoms with Gasteiger partial charge in [-0.15, -0.1) is 0 Å². The summed E-state index contributed by atoms with van der Waals surface area (Å²) in [4.78, 5) is 14.3. The molecule has 0 unspecified atom stereocenters. The van der Waals surface area contributed by atoms with Crippen LogP contribution >= 0.6 is 0 Å². The maximum atomic E-state index is 12.0. The largest absolute Gasteiger partial charge is 0.368 e. The standard InChI is InChI=1S/C17H22N4O/c1-13-10-19-20(11-13)12-15-8-5-9-21(15)16(17(18)22)14-6-3-2-4-7-14/h2-4,6-7,10-11,15-16H,5,8-9,12H2,1H3,(H2,18,22)/t15-,16-/m0/s1. The lowest BCUT2D eigenvalue weighted by Crippen LogP contribution is -2.42. The van der Waals surface area contributed by atoms with Gasteiger partial charge in [0.15, 0.2) is 0 Å². The molecule has 1 amide bonds. The van der Waals surface area contributed by atoms with Crippen LogP contribution in [0, 0.1) is 6.92 Å². The van der Waals surface area contributed by atoms with E-state index >= 15 is 0 Å². The maximum Gasteiger partial charge on any atom is 0.239 e. The molecule has 0 aliphatic carbocycles. The van der Waals surface area contributed by atoms with Crippen LogP contribution in [0.2, 0.25) is 0 Å². The second kappa shape index (κ2) is 6.32. The Labute approximate surface area is 130 Å². The van der Waals surface area contributed by atoms with E-state index in [1.165, 1.54) is 0 Å². The van der Waals surface area contributed by atoms with Gasteiger partial charge in [0.25, 0.3) is 0 Å². The molecule has 0 radical (unpaired) electrons. The minimum absolute atomic E-state index is 0.283. The molecule has 2 atom stereocenters. The number of primary amides is 1. The van der Waals surface area contributed by atoms with Crippen LogP contribution in [0.4, 0.5) is 0 Å². The van der Waals surface area contributed by atoms with Gasteiger partial charge >= 0.3 is 0 Å². The molecule has 2 heterocycles. The van der Waals surface area contributed by atoms with Crippen molar-refractivity contribution in [1.82, 2.24) is 14.7 Å². The van der Waals surface area contributed by atoms with Crippen molar-refractivity contribution in [1.29, 1.82) is 0 Å². The number of nitrogens with zero attached hydrogens (tertiary/aromatic N) is 3. The number of aryl methyl sites for hydroxylation is 1. The number of likely N-dealkylation sites (tertiary alicyclic amines) is 1. The number of amides is 1. The third-order valence-corrected chi connectivity index (χ3v) is 4.30. The normalized spacial score (nSPS) is 20.1. The monoisotopic (exact) mass is 298 g/mol. The van der Waals surface area contributed by atoms with Gasteiger partial charge in [-0.05, 0) is 37.4 Å².